The van der Waals surface area contributed by atoms with Crippen LogP contribution in [0.4, 0.5) is 0 Å². The van der Waals surface area contributed by atoms with Crippen molar-refractivity contribution in [1.82, 2.24) is 0 Å². The van der Waals surface area contributed by atoms with E-state index in [0.29, 0.717) is 12.5 Å². The summed E-state index contributed by atoms with van der Waals surface area (Å²) in [6.07, 6.45) is 5.27. The van der Waals surface area contributed by atoms with Crippen molar-refractivity contribution in [3.63, 3.8) is 0 Å². The van der Waals surface area contributed by atoms with Crippen LogP contribution in [0.3, 0.4) is 0 Å². The van der Waals surface area contributed by atoms with E-state index in [1.54, 1.807) is 0 Å². The lowest BCUT2D eigenvalue weighted by Crippen LogP contribution is -2.20. The van der Waals surface area contributed by atoms with Crippen LogP contribution in [0.15, 0.2) is 0 Å². The largest absolute Gasteiger partial charge is 0.330 e. The molecular weight excluding hydrogens is 182 g/mol. The molecule has 0 radical (unpaired) electrons. The number of nitrogens with two attached hydrogens (primary N) is 1. The standard InChI is InChI=1S/C10H21NOS/c1-9(6-11)7-13(12)8-10-4-2-3-5-10/h9-10H,2-8,11H2,1H3. The summed E-state index contributed by atoms with van der Waals surface area (Å²) in [7, 11) is -0.620. The molecule has 13 heavy (non-hydrogen) atoms. The fraction of sp³-hybridized carbons (Fsp3) is 1.00. The van der Waals surface area contributed by atoms with E-state index < -0.39 is 10.8 Å². The van der Waals surface area contributed by atoms with Gasteiger partial charge in [0, 0.05) is 22.3 Å². The van der Waals surface area contributed by atoms with E-state index in [1.807, 2.05) is 0 Å². The van der Waals surface area contributed by atoms with Gasteiger partial charge in [-0.3, -0.25) is 4.21 Å². The smallest absolute Gasteiger partial charge is 0.0272 e. The Morgan fingerprint density at radius 2 is 2.08 bits per heavy atom. The second-order valence-electron chi connectivity index (χ2n) is 4.26. The van der Waals surface area contributed by atoms with Crippen molar-refractivity contribution >= 4 is 10.8 Å². The lowest BCUT2D eigenvalue weighted by molar-refractivity contribution is 0.594. The van der Waals surface area contributed by atoms with E-state index >= 15 is 0 Å². The zero-order chi connectivity index (χ0) is 9.68. The molecule has 0 spiro atoms. The van der Waals surface area contributed by atoms with E-state index in [2.05, 4.69) is 6.92 Å². The summed E-state index contributed by atoms with van der Waals surface area (Å²) in [6.45, 7) is 2.74. The molecule has 1 rings (SSSR count). The van der Waals surface area contributed by atoms with Crippen molar-refractivity contribution in [3.05, 3.63) is 0 Å². The van der Waals surface area contributed by atoms with E-state index in [4.69, 9.17) is 5.73 Å². The minimum absolute atomic E-state index is 0.419. The zero-order valence-electron chi connectivity index (χ0n) is 8.50. The quantitative estimate of drug-likeness (QED) is 0.736. The van der Waals surface area contributed by atoms with Gasteiger partial charge in [-0.2, -0.15) is 0 Å². The summed E-state index contributed by atoms with van der Waals surface area (Å²) in [5.41, 5.74) is 5.49. The molecule has 2 atom stereocenters. The first-order chi connectivity index (χ1) is 6.22. The molecule has 1 saturated carbocycles. The predicted molar refractivity (Wildman–Crippen MR) is 58.1 cm³/mol. The van der Waals surface area contributed by atoms with Gasteiger partial charge in [0.1, 0.15) is 0 Å². The van der Waals surface area contributed by atoms with Crippen LogP contribution in [-0.4, -0.2) is 22.3 Å². The van der Waals surface area contributed by atoms with Crippen molar-refractivity contribution in [2.24, 2.45) is 17.6 Å². The zero-order valence-corrected chi connectivity index (χ0v) is 9.31. The highest BCUT2D eigenvalue weighted by Crippen LogP contribution is 2.25. The lowest BCUT2D eigenvalue weighted by atomic mass is 10.1. The van der Waals surface area contributed by atoms with Crippen LogP contribution in [0.1, 0.15) is 32.6 Å². The number of rotatable bonds is 5. The first kappa shape index (κ1) is 11.2. The Kier molecular flexibility index (Phi) is 4.96. The maximum atomic E-state index is 11.6. The summed E-state index contributed by atoms with van der Waals surface area (Å²) >= 11 is 0. The second-order valence-corrected chi connectivity index (χ2v) is 5.81. The van der Waals surface area contributed by atoms with E-state index in [1.165, 1.54) is 25.7 Å². The van der Waals surface area contributed by atoms with Crippen LogP contribution in [0.5, 0.6) is 0 Å². The molecule has 0 aromatic heterocycles. The highest BCUT2D eigenvalue weighted by Gasteiger charge is 2.18. The SMILES string of the molecule is CC(CN)CS(=O)CC1CCCC1. The lowest BCUT2D eigenvalue weighted by Gasteiger charge is -2.11. The Hall–Kier alpha value is 0.110. The van der Waals surface area contributed by atoms with Gasteiger partial charge in [0.2, 0.25) is 0 Å². The Balaban J connectivity index is 2.16. The van der Waals surface area contributed by atoms with Crippen molar-refractivity contribution in [3.8, 4) is 0 Å². The molecule has 0 aliphatic heterocycles. The minimum Gasteiger partial charge on any atom is -0.330 e. The first-order valence-corrected chi connectivity index (χ1v) is 6.76. The van der Waals surface area contributed by atoms with Gasteiger partial charge in [-0.1, -0.05) is 19.8 Å². The van der Waals surface area contributed by atoms with Gasteiger partial charge in [0.05, 0.1) is 0 Å². The maximum absolute atomic E-state index is 11.6. The normalized spacial score (nSPS) is 23.2. The van der Waals surface area contributed by atoms with Gasteiger partial charge in [-0.05, 0) is 31.2 Å². The van der Waals surface area contributed by atoms with Crippen LogP contribution in [0.25, 0.3) is 0 Å². The van der Waals surface area contributed by atoms with E-state index in [9.17, 15) is 4.21 Å². The summed E-state index contributed by atoms with van der Waals surface area (Å²) in [4.78, 5) is 0. The summed E-state index contributed by atoms with van der Waals surface area (Å²) in [5.74, 6) is 2.88. The monoisotopic (exact) mass is 203 g/mol. The van der Waals surface area contributed by atoms with Crippen LogP contribution >= 0.6 is 0 Å². The average Bonchev–Trinajstić information content (AvgIpc) is 2.56. The van der Waals surface area contributed by atoms with Gasteiger partial charge in [0.15, 0.2) is 0 Å². The number of hydrogen-bond donors (Lipinski definition) is 1. The van der Waals surface area contributed by atoms with Gasteiger partial charge in [0.25, 0.3) is 0 Å². The first-order valence-electron chi connectivity index (χ1n) is 5.27. The second kappa shape index (κ2) is 5.76. The molecule has 0 aromatic rings. The topological polar surface area (TPSA) is 43.1 Å². The Bertz CT molecular complexity index is 166. The van der Waals surface area contributed by atoms with Gasteiger partial charge in [-0.15, -0.1) is 0 Å². The van der Waals surface area contributed by atoms with Crippen molar-refractivity contribution in [2.45, 2.75) is 32.6 Å². The molecule has 1 fully saturated rings. The van der Waals surface area contributed by atoms with Crippen LogP contribution < -0.4 is 5.73 Å². The minimum atomic E-state index is -0.620. The van der Waals surface area contributed by atoms with Gasteiger partial charge in [-0.25, -0.2) is 0 Å². The Morgan fingerprint density at radius 1 is 1.46 bits per heavy atom. The molecule has 1 aliphatic carbocycles. The summed E-state index contributed by atoms with van der Waals surface area (Å²) in [5, 5.41) is 0. The molecule has 2 unspecified atom stereocenters. The molecule has 0 aromatic carbocycles. The third kappa shape index (κ3) is 4.23. The molecule has 2 N–H and O–H groups in total. The molecule has 0 heterocycles. The van der Waals surface area contributed by atoms with Crippen molar-refractivity contribution < 1.29 is 4.21 Å². The Morgan fingerprint density at radius 3 is 2.62 bits per heavy atom. The van der Waals surface area contributed by atoms with Crippen molar-refractivity contribution in [2.75, 3.05) is 18.1 Å². The van der Waals surface area contributed by atoms with Gasteiger partial charge >= 0.3 is 0 Å². The molecule has 0 bridgehead atoms. The van der Waals surface area contributed by atoms with E-state index in [0.717, 1.165) is 17.4 Å². The van der Waals surface area contributed by atoms with Crippen molar-refractivity contribution in [1.29, 1.82) is 0 Å². The van der Waals surface area contributed by atoms with Gasteiger partial charge < -0.3 is 5.73 Å². The highest BCUT2D eigenvalue weighted by molar-refractivity contribution is 7.85. The molecule has 0 saturated heterocycles. The highest BCUT2D eigenvalue weighted by atomic mass is 32.2. The average molecular weight is 203 g/mol. The fourth-order valence-corrected chi connectivity index (χ4v) is 3.66. The molecular formula is C10H21NOS. The predicted octanol–water partition coefficient (Wildman–Crippen LogP) is 1.52. The molecule has 2 nitrogen and oxygen atoms in total. The van der Waals surface area contributed by atoms with Crippen LogP contribution in [-0.2, 0) is 10.8 Å². The summed E-state index contributed by atoms with van der Waals surface area (Å²) < 4.78 is 11.6. The fourth-order valence-electron chi connectivity index (χ4n) is 1.89. The maximum Gasteiger partial charge on any atom is 0.0272 e. The molecule has 1 aliphatic rings. The molecule has 3 heteroatoms. The molecule has 0 amide bonds. The third-order valence-corrected chi connectivity index (χ3v) is 4.55. The van der Waals surface area contributed by atoms with Crippen LogP contribution in [0.2, 0.25) is 0 Å². The Labute approximate surface area is 83.7 Å². The van der Waals surface area contributed by atoms with E-state index in [-0.39, 0.29) is 0 Å². The summed E-state index contributed by atoms with van der Waals surface area (Å²) in [6, 6.07) is 0. The number of hydrogen-bond acceptors (Lipinski definition) is 2. The van der Waals surface area contributed by atoms with Crippen LogP contribution in [0, 0.1) is 11.8 Å². The molecule has 78 valence electrons. The third-order valence-electron chi connectivity index (χ3n) is 2.77.